The van der Waals surface area contributed by atoms with Crippen LogP contribution in [0.25, 0.3) is 0 Å². The number of benzene rings is 1. The van der Waals surface area contributed by atoms with Crippen LogP contribution in [-0.2, 0) is 9.59 Å². The molecule has 2 amide bonds. The molecular weight excluding hydrogens is 278 g/mol. The fourth-order valence-corrected chi connectivity index (χ4v) is 3.36. The predicted octanol–water partition coefficient (Wildman–Crippen LogP) is 1.39. The monoisotopic (exact) mass is 301 g/mol. The van der Waals surface area contributed by atoms with Crippen molar-refractivity contribution in [2.24, 2.45) is 0 Å². The summed E-state index contributed by atoms with van der Waals surface area (Å²) in [5, 5.41) is 5.80. The van der Waals surface area contributed by atoms with Crippen LogP contribution in [0.2, 0.25) is 0 Å². The first kappa shape index (κ1) is 15.0. The molecule has 118 valence electrons. The molecule has 22 heavy (non-hydrogen) atoms. The Labute approximate surface area is 131 Å². The van der Waals surface area contributed by atoms with Gasteiger partial charge in [-0.2, -0.15) is 0 Å². The van der Waals surface area contributed by atoms with Crippen molar-refractivity contribution >= 4 is 17.5 Å². The molecule has 2 aliphatic rings. The highest BCUT2D eigenvalue weighted by molar-refractivity contribution is 6.00. The highest BCUT2D eigenvalue weighted by Gasteiger charge is 2.28. The summed E-state index contributed by atoms with van der Waals surface area (Å²) in [6.07, 6.45) is 3.35. The Balaban J connectivity index is 1.69. The zero-order chi connectivity index (χ0) is 15.5. The van der Waals surface area contributed by atoms with Crippen LogP contribution in [0, 0.1) is 0 Å². The molecule has 2 heterocycles. The topological polar surface area (TPSA) is 61.4 Å². The average Bonchev–Trinajstić information content (AvgIpc) is 2.55. The van der Waals surface area contributed by atoms with Gasteiger partial charge in [-0.25, -0.2) is 0 Å². The van der Waals surface area contributed by atoms with Gasteiger partial charge in [0.25, 0.3) is 0 Å². The molecule has 3 rings (SSSR count). The van der Waals surface area contributed by atoms with E-state index in [4.69, 9.17) is 0 Å². The van der Waals surface area contributed by atoms with Gasteiger partial charge in [0.1, 0.15) is 0 Å². The van der Waals surface area contributed by atoms with Crippen molar-refractivity contribution in [3.8, 4) is 0 Å². The van der Waals surface area contributed by atoms with Gasteiger partial charge in [0.2, 0.25) is 11.8 Å². The maximum Gasteiger partial charge on any atom is 0.234 e. The van der Waals surface area contributed by atoms with E-state index in [1.54, 1.807) is 0 Å². The minimum Gasteiger partial charge on any atom is -0.372 e. The lowest BCUT2D eigenvalue weighted by molar-refractivity contribution is -0.134. The Kier molecular flexibility index (Phi) is 4.43. The fraction of sp³-hybridized carbons (Fsp3) is 0.529. The number of anilines is 1. The largest absolute Gasteiger partial charge is 0.372 e. The molecule has 5 heteroatoms. The number of amides is 2. The molecule has 2 fully saturated rings. The zero-order valence-electron chi connectivity index (χ0n) is 13.0. The SMILES string of the molecule is CN(c1ccc(C2CCC(=O)NC2=O)cc1)C1CCNCC1. The second-order valence-corrected chi connectivity index (χ2v) is 6.19. The maximum atomic E-state index is 11.9. The number of rotatable bonds is 3. The van der Waals surface area contributed by atoms with E-state index in [-0.39, 0.29) is 17.7 Å². The number of nitrogens with zero attached hydrogens (tertiary/aromatic N) is 1. The summed E-state index contributed by atoms with van der Waals surface area (Å²) in [5.74, 6) is -0.532. The van der Waals surface area contributed by atoms with E-state index in [0.29, 0.717) is 18.9 Å². The molecule has 0 aliphatic carbocycles. The Morgan fingerprint density at radius 1 is 1.05 bits per heavy atom. The molecule has 5 nitrogen and oxygen atoms in total. The number of nitrogens with one attached hydrogen (secondary N) is 2. The standard InChI is InChI=1S/C17H23N3O2/c1-20(14-8-10-18-11-9-14)13-4-2-12(3-5-13)15-6-7-16(21)19-17(15)22/h2-5,14-15,18H,6-11H2,1H3,(H,19,21,22). The van der Waals surface area contributed by atoms with Gasteiger partial charge >= 0.3 is 0 Å². The molecule has 1 aromatic rings. The van der Waals surface area contributed by atoms with Gasteiger partial charge in [-0.1, -0.05) is 12.1 Å². The van der Waals surface area contributed by atoms with Gasteiger partial charge in [-0.3, -0.25) is 14.9 Å². The minimum atomic E-state index is -0.198. The Morgan fingerprint density at radius 2 is 1.73 bits per heavy atom. The number of carbonyl (C=O) groups excluding carboxylic acids is 2. The van der Waals surface area contributed by atoms with Crippen LogP contribution in [-0.4, -0.2) is 38.0 Å². The van der Waals surface area contributed by atoms with E-state index in [1.807, 2.05) is 12.1 Å². The highest BCUT2D eigenvalue weighted by Crippen LogP contribution is 2.27. The first-order valence-corrected chi connectivity index (χ1v) is 8.02. The summed E-state index contributed by atoms with van der Waals surface area (Å²) >= 11 is 0. The third kappa shape index (κ3) is 3.14. The van der Waals surface area contributed by atoms with Crippen molar-refractivity contribution in [1.82, 2.24) is 10.6 Å². The zero-order valence-corrected chi connectivity index (χ0v) is 13.0. The van der Waals surface area contributed by atoms with Crippen molar-refractivity contribution in [1.29, 1.82) is 0 Å². The minimum absolute atomic E-state index is 0.163. The van der Waals surface area contributed by atoms with Gasteiger partial charge in [0.15, 0.2) is 0 Å². The van der Waals surface area contributed by atoms with Crippen molar-refractivity contribution < 1.29 is 9.59 Å². The summed E-state index contributed by atoms with van der Waals surface area (Å²) in [5.41, 5.74) is 2.18. The lowest BCUT2D eigenvalue weighted by Crippen LogP contribution is -2.41. The maximum absolute atomic E-state index is 11.9. The van der Waals surface area contributed by atoms with Gasteiger partial charge in [0.05, 0.1) is 5.92 Å². The number of hydrogen-bond donors (Lipinski definition) is 2. The lowest BCUT2D eigenvalue weighted by Gasteiger charge is -2.33. The van der Waals surface area contributed by atoms with Gasteiger partial charge < -0.3 is 10.2 Å². The molecule has 2 saturated heterocycles. The van der Waals surface area contributed by atoms with Crippen molar-refractivity contribution in [2.45, 2.75) is 37.6 Å². The van der Waals surface area contributed by atoms with E-state index in [9.17, 15) is 9.59 Å². The second kappa shape index (κ2) is 6.48. The quantitative estimate of drug-likeness (QED) is 0.828. The van der Waals surface area contributed by atoms with Crippen molar-refractivity contribution in [2.75, 3.05) is 25.0 Å². The van der Waals surface area contributed by atoms with Crippen LogP contribution in [0.1, 0.15) is 37.2 Å². The Bertz CT molecular complexity index is 550. The van der Waals surface area contributed by atoms with Crippen LogP contribution in [0.3, 0.4) is 0 Å². The van der Waals surface area contributed by atoms with E-state index in [2.05, 4.69) is 34.7 Å². The van der Waals surface area contributed by atoms with Gasteiger partial charge in [-0.15, -0.1) is 0 Å². The molecule has 1 unspecified atom stereocenters. The molecule has 0 aromatic heterocycles. The van der Waals surface area contributed by atoms with Crippen molar-refractivity contribution in [3.63, 3.8) is 0 Å². The summed E-state index contributed by atoms with van der Waals surface area (Å²) < 4.78 is 0. The number of hydrogen-bond acceptors (Lipinski definition) is 4. The average molecular weight is 301 g/mol. The normalized spacial score (nSPS) is 23.2. The van der Waals surface area contributed by atoms with Crippen LogP contribution in [0.15, 0.2) is 24.3 Å². The molecule has 0 radical (unpaired) electrons. The molecule has 2 aliphatic heterocycles. The van der Waals surface area contributed by atoms with Gasteiger partial charge in [-0.05, 0) is 50.0 Å². The third-order valence-corrected chi connectivity index (χ3v) is 4.80. The van der Waals surface area contributed by atoms with E-state index in [0.717, 1.165) is 31.5 Å². The summed E-state index contributed by atoms with van der Waals surface area (Å²) in [6, 6.07) is 8.78. The van der Waals surface area contributed by atoms with E-state index >= 15 is 0 Å². The Hall–Kier alpha value is -1.88. The molecule has 0 spiro atoms. The highest BCUT2D eigenvalue weighted by atomic mass is 16.2. The van der Waals surface area contributed by atoms with E-state index in [1.165, 1.54) is 5.69 Å². The first-order valence-electron chi connectivity index (χ1n) is 8.02. The third-order valence-electron chi connectivity index (χ3n) is 4.80. The molecule has 1 atom stereocenters. The Morgan fingerprint density at radius 3 is 2.36 bits per heavy atom. The summed E-state index contributed by atoms with van der Waals surface area (Å²) in [6.45, 7) is 2.15. The van der Waals surface area contributed by atoms with E-state index < -0.39 is 0 Å². The molecule has 1 aromatic carbocycles. The molecular formula is C17H23N3O2. The summed E-state index contributed by atoms with van der Waals surface area (Å²) in [4.78, 5) is 25.5. The lowest BCUT2D eigenvalue weighted by atomic mass is 9.90. The van der Waals surface area contributed by atoms with Crippen LogP contribution in [0.4, 0.5) is 5.69 Å². The smallest absolute Gasteiger partial charge is 0.234 e. The molecule has 0 saturated carbocycles. The molecule has 0 bridgehead atoms. The number of piperidine rings is 2. The number of imide groups is 1. The number of carbonyl (C=O) groups is 2. The summed E-state index contributed by atoms with van der Waals surface area (Å²) in [7, 11) is 2.14. The molecule has 2 N–H and O–H groups in total. The van der Waals surface area contributed by atoms with Gasteiger partial charge in [0, 0.05) is 25.2 Å². The van der Waals surface area contributed by atoms with Crippen LogP contribution < -0.4 is 15.5 Å². The second-order valence-electron chi connectivity index (χ2n) is 6.19. The van der Waals surface area contributed by atoms with Crippen LogP contribution in [0.5, 0.6) is 0 Å². The fourth-order valence-electron chi connectivity index (χ4n) is 3.36. The van der Waals surface area contributed by atoms with Crippen LogP contribution >= 0.6 is 0 Å². The van der Waals surface area contributed by atoms with Crippen molar-refractivity contribution in [3.05, 3.63) is 29.8 Å². The first-order chi connectivity index (χ1) is 10.6. The predicted molar refractivity (Wildman–Crippen MR) is 85.9 cm³/mol.